The first-order chi connectivity index (χ1) is 12.8. The maximum absolute atomic E-state index is 12.6. The Labute approximate surface area is 163 Å². The van der Waals surface area contributed by atoms with Gasteiger partial charge in [-0.05, 0) is 38.2 Å². The number of carboxylic acids is 1. The van der Waals surface area contributed by atoms with Crippen LogP contribution in [0, 0.1) is 17.3 Å². The fourth-order valence-electron chi connectivity index (χ4n) is 4.16. The van der Waals surface area contributed by atoms with E-state index in [-0.39, 0.29) is 35.7 Å². The van der Waals surface area contributed by atoms with Crippen molar-refractivity contribution < 1.29 is 24.2 Å². The average Bonchev–Trinajstić information content (AvgIpc) is 3.22. The van der Waals surface area contributed by atoms with Gasteiger partial charge in [0, 0.05) is 30.3 Å². The van der Waals surface area contributed by atoms with E-state index in [0.29, 0.717) is 25.6 Å². The van der Waals surface area contributed by atoms with Crippen LogP contribution in [0.3, 0.4) is 0 Å². The minimum Gasteiger partial charge on any atom is -0.481 e. The lowest BCUT2D eigenvalue weighted by Crippen LogP contribution is -2.30. The van der Waals surface area contributed by atoms with Crippen molar-refractivity contribution in [2.24, 2.45) is 17.3 Å². The largest absolute Gasteiger partial charge is 0.481 e. The summed E-state index contributed by atoms with van der Waals surface area (Å²) in [6.07, 6.45) is 11.1. The SMILES string of the molecule is CCCCC(C)(C)C(=O)C=C[C@H]1[C@@H](COCCCCC(=O)O)[C@H]2CC[C@@H]1O2. The molecule has 2 aliphatic heterocycles. The van der Waals surface area contributed by atoms with Gasteiger partial charge in [0.15, 0.2) is 5.78 Å². The molecule has 2 heterocycles. The number of hydrogen-bond acceptors (Lipinski definition) is 4. The summed E-state index contributed by atoms with van der Waals surface area (Å²) >= 11 is 0. The summed E-state index contributed by atoms with van der Waals surface area (Å²) in [6, 6.07) is 0. The number of fused-ring (bicyclic) bond motifs is 2. The molecule has 2 fully saturated rings. The molecule has 0 aliphatic carbocycles. The molecule has 0 spiro atoms. The number of unbranched alkanes of at least 4 members (excludes halogenated alkanes) is 2. The third kappa shape index (κ3) is 6.42. The van der Waals surface area contributed by atoms with Crippen molar-refractivity contribution in [1.29, 1.82) is 0 Å². The molecule has 4 atom stereocenters. The first-order valence-corrected chi connectivity index (χ1v) is 10.5. The highest BCUT2D eigenvalue weighted by molar-refractivity contribution is 5.94. The molecule has 2 bridgehead atoms. The molecular formula is C22H36O5. The molecule has 27 heavy (non-hydrogen) atoms. The molecule has 2 aliphatic rings. The second kappa shape index (κ2) is 10.4. The summed E-state index contributed by atoms with van der Waals surface area (Å²) in [5.41, 5.74) is -0.304. The van der Waals surface area contributed by atoms with E-state index in [9.17, 15) is 9.59 Å². The molecule has 0 saturated carbocycles. The number of carboxylic acid groups (broad SMARTS) is 1. The molecule has 0 aromatic carbocycles. The van der Waals surface area contributed by atoms with E-state index < -0.39 is 5.97 Å². The van der Waals surface area contributed by atoms with Crippen LogP contribution in [0.1, 0.15) is 72.1 Å². The molecule has 5 heteroatoms. The van der Waals surface area contributed by atoms with Gasteiger partial charge in [0.2, 0.25) is 0 Å². The Hall–Kier alpha value is -1.20. The number of ketones is 1. The third-order valence-corrected chi connectivity index (χ3v) is 6.02. The number of hydrogen-bond donors (Lipinski definition) is 1. The number of allylic oxidation sites excluding steroid dienone is 1. The van der Waals surface area contributed by atoms with Crippen molar-refractivity contribution >= 4 is 11.8 Å². The van der Waals surface area contributed by atoms with Gasteiger partial charge in [-0.25, -0.2) is 0 Å². The second-order valence-corrected chi connectivity index (χ2v) is 8.67. The molecule has 0 radical (unpaired) electrons. The van der Waals surface area contributed by atoms with Crippen molar-refractivity contribution in [3.8, 4) is 0 Å². The molecule has 0 aromatic heterocycles. The molecular weight excluding hydrogens is 344 g/mol. The van der Waals surface area contributed by atoms with Crippen LogP contribution >= 0.6 is 0 Å². The Balaban J connectivity index is 1.83. The molecule has 0 unspecified atom stereocenters. The highest BCUT2D eigenvalue weighted by Gasteiger charge is 2.47. The van der Waals surface area contributed by atoms with Crippen LogP contribution < -0.4 is 0 Å². The Bertz CT molecular complexity index is 525. The summed E-state index contributed by atoms with van der Waals surface area (Å²) < 4.78 is 11.9. The Kier molecular flexibility index (Phi) is 8.49. The van der Waals surface area contributed by atoms with E-state index in [0.717, 1.165) is 38.5 Å². The Morgan fingerprint density at radius 1 is 1.19 bits per heavy atom. The van der Waals surface area contributed by atoms with Crippen molar-refractivity contribution in [2.75, 3.05) is 13.2 Å². The summed E-state index contributed by atoms with van der Waals surface area (Å²) in [4.78, 5) is 23.2. The first kappa shape index (κ1) is 22.1. The van der Waals surface area contributed by atoms with Gasteiger partial charge in [0.05, 0.1) is 18.8 Å². The van der Waals surface area contributed by atoms with Crippen LogP contribution in [0.2, 0.25) is 0 Å². The maximum Gasteiger partial charge on any atom is 0.303 e. The van der Waals surface area contributed by atoms with Gasteiger partial charge in [0.25, 0.3) is 0 Å². The number of aliphatic carboxylic acids is 1. The van der Waals surface area contributed by atoms with Gasteiger partial charge in [-0.15, -0.1) is 0 Å². The van der Waals surface area contributed by atoms with Gasteiger partial charge in [-0.1, -0.05) is 39.7 Å². The lowest BCUT2D eigenvalue weighted by atomic mass is 9.78. The van der Waals surface area contributed by atoms with Gasteiger partial charge < -0.3 is 14.6 Å². The molecule has 1 N–H and O–H groups in total. The van der Waals surface area contributed by atoms with Gasteiger partial charge in [-0.3, -0.25) is 9.59 Å². The van der Waals surface area contributed by atoms with Gasteiger partial charge in [-0.2, -0.15) is 0 Å². The number of carbonyl (C=O) groups excluding carboxylic acids is 1. The molecule has 154 valence electrons. The summed E-state index contributed by atoms with van der Waals surface area (Å²) in [5, 5.41) is 8.67. The predicted molar refractivity (Wildman–Crippen MR) is 105 cm³/mol. The summed E-state index contributed by atoms with van der Waals surface area (Å²) in [6.45, 7) is 7.42. The van der Waals surface area contributed by atoms with E-state index in [2.05, 4.69) is 13.0 Å². The smallest absolute Gasteiger partial charge is 0.303 e. The second-order valence-electron chi connectivity index (χ2n) is 8.67. The minimum absolute atomic E-state index is 0.196. The summed E-state index contributed by atoms with van der Waals surface area (Å²) in [7, 11) is 0. The van der Waals surface area contributed by atoms with Crippen LogP contribution in [-0.4, -0.2) is 42.3 Å². The number of ether oxygens (including phenoxy) is 2. The molecule has 2 saturated heterocycles. The van der Waals surface area contributed by atoms with Crippen molar-refractivity contribution in [1.82, 2.24) is 0 Å². The van der Waals surface area contributed by atoms with Crippen molar-refractivity contribution in [3.05, 3.63) is 12.2 Å². The standard InChI is InChI=1S/C22H36O5/c1-4-5-13-22(2,3)20(23)12-9-16-17(19-11-10-18(16)27-19)15-26-14-7-6-8-21(24)25/h9,12,16-19H,4-8,10-11,13-15H2,1-3H3,(H,24,25)/t16-,17+,18-,19+/m0/s1. The average molecular weight is 381 g/mol. The zero-order valence-corrected chi connectivity index (χ0v) is 17.1. The van der Waals surface area contributed by atoms with E-state index >= 15 is 0 Å². The van der Waals surface area contributed by atoms with Crippen molar-refractivity contribution in [3.63, 3.8) is 0 Å². The van der Waals surface area contributed by atoms with Crippen LogP contribution in [0.5, 0.6) is 0 Å². The lowest BCUT2D eigenvalue weighted by molar-refractivity contribution is -0.137. The quantitative estimate of drug-likeness (QED) is 0.379. The maximum atomic E-state index is 12.6. The minimum atomic E-state index is -0.756. The molecule has 0 aromatic rings. The zero-order chi connectivity index (χ0) is 19.9. The molecule has 2 rings (SSSR count). The predicted octanol–water partition coefficient (Wildman–Crippen LogP) is 4.39. The fraction of sp³-hybridized carbons (Fsp3) is 0.818. The highest BCUT2D eigenvalue weighted by atomic mass is 16.5. The molecule has 5 nitrogen and oxygen atoms in total. The topological polar surface area (TPSA) is 72.8 Å². The number of carbonyl (C=O) groups is 2. The normalized spacial score (nSPS) is 27.5. The van der Waals surface area contributed by atoms with Crippen molar-refractivity contribution in [2.45, 2.75) is 84.3 Å². The third-order valence-electron chi connectivity index (χ3n) is 6.02. The molecule has 0 amide bonds. The van der Waals surface area contributed by atoms with Gasteiger partial charge >= 0.3 is 5.97 Å². The lowest BCUT2D eigenvalue weighted by Gasteiger charge is -2.26. The van der Waals surface area contributed by atoms with E-state index in [1.807, 2.05) is 13.8 Å². The van der Waals surface area contributed by atoms with Gasteiger partial charge in [0.1, 0.15) is 0 Å². The Morgan fingerprint density at radius 3 is 2.63 bits per heavy atom. The number of rotatable bonds is 13. The first-order valence-electron chi connectivity index (χ1n) is 10.5. The van der Waals surface area contributed by atoms with Crippen LogP contribution in [0.15, 0.2) is 12.2 Å². The van der Waals surface area contributed by atoms with E-state index in [1.54, 1.807) is 6.08 Å². The summed E-state index contributed by atoms with van der Waals surface area (Å²) in [5.74, 6) is -0.0139. The van der Waals surface area contributed by atoms with E-state index in [4.69, 9.17) is 14.6 Å². The fourth-order valence-corrected chi connectivity index (χ4v) is 4.16. The zero-order valence-electron chi connectivity index (χ0n) is 17.1. The van der Waals surface area contributed by atoms with Crippen LogP contribution in [0.4, 0.5) is 0 Å². The highest BCUT2D eigenvalue weighted by Crippen LogP contribution is 2.44. The van der Waals surface area contributed by atoms with Crippen LogP contribution in [-0.2, 0) is 19.1 Å². The van der Waals surface area contributed by atoms with Crippen LogP contribution in [0.25, 0.3) is 0 Å². The van der Waals surface area contributed by atoms with E-state index in [1.165, 1.54) is 0 Å². The monoisotopic (exact) mass is 380 g/mol. The Morgan fingerprint density at radius 2 is 1.93 bits per heavy atom.